The van der Waals surface area contributed by atoms with Gasteiger partial charge in [0.1, 0.15) is 0 Å². The Hall–Kier alpha value is -13.8. The van der Waals surface area contributed by atoms with Crippen LogP contribution in [0.1, 0.15) is 33.4 Å². The molecular formula is C108H86BN5Si2. The van der Waals surface area contributed by atoms with Crippen LogP contribution < -0.4 is 77.5 Å². The fourth-order valence-corrected chi connectivity index (χ4v) is 29.1. The Kier molecular flexibility index (Phi) is 18.0. The molecule has 0 fully saturated rings. The van der Waals surface area contributed by atoms with E-state index in [1.54, 1.807) is 0 Å². The van der Waals surface area contributed by atoms with Crippen molar-refractivity contribution in [2.24, 2.45) is 0 Å². The van der Waals surface area contributed by atoms with Crippen LogP contribution in [0.25, 0.3) is 27.5 Å². The van der Waals surface area contributed by atoms with Gasteiger partial charge in [0.15, 0.2) is 16.1 Å². The molecule has 5 nitrogen and oxygen atoms in total. The van der Waals surface area contributed by atoms with Gasteiger partial charge in [-0.25, -0.2) is 0 Å². The summed E-state index contributed by atoms with van der Waals surface area (Å²) in [5.41, 5.74) is 27.2. The maximum Gasteiger partial charge on any atom is 0.252 e. The lowest BCUT2D eigenvalue weighted by Crippen LogP contribution is -2.74. The second-order valence-corrected chi connectivity index (χ2v) is 39.3. The van der Waals surface area contributed by atoms with Gasteiger partial charge in [0, 0.05) is 79.0 Å². The van der Waals surface area contributed by atoms with E-state index in [-0.39, 0.29) is 6.71 Å². The van der Waals surface area contributed by atoms with Gasteiger partial charge in [-0.05, 0) is 255 Å². The van der Waals surface area contributed by atoms with Crippen LogP contribution in [0.15, 0.2) is 413 Å². The first kappa shape index (κ1) is 71.3. The highest BCUT2D eigenvalue weighted by molar-refractivity contribution is 7.20. The van der Waals surface area contributed by atoms with Crippen LogP contribution in [0, 0.1) is 41.5 Å². The molecule has 17 aromatic carbocycles. The summed E-state index contributed by atoms with van der Waals surface area (Å²) in [7, 11) is -6.33. The normalized spacial score (nSPS) is 12.3. The lowest BCUT2D eigenvalue weighted by molar-refractivity contribution is 1.16. The number of rotatable bonds is 17. The van der Waals surface area contributed by atoms with Crippen molar-refractivity contribution in [3.8, 4) is 5.69 Å². The van der Waals surface area contributed by atoms with E-state index in [0.29, 0.717) is 0 Å². The molecule has 0 radical (unpaired) electrons. The SMILES string of the molecule is Cc1cc(C)cc(N(c2cc(C)cc(C)c2)c2ccc3c(c2)N(c2cccc([Si](c4ccccc4)(c4ccccc4)c4ccccc4)c2)c2cc(-n4c5ccc(C)cc5c5cc(C)ccc54)cc4c2B3c2ccc(N(c3ccccc3)c3ccccc3)cc2N4c2cccc([Si](c3ccccc3)(c3ccccc3)c3ccccc3)c2)c1. The van der Waals surface area contributed by atoms with E-state index >= 15 is 0 Å². The molecule has 8 heteroatoms. The summed E-state index contributed by atoms with van der Waals surface area (Å²) in [4.78, 5) is 10.3. The summed E-state index contributed by atoms with van der Waals surface area (Å²) in [6, 6.07) is 158. The lowest BCUT2D eigenvalue weighted by Gasteiger charge is -2.45. The van der Waals surface area contributed by atoms with E-state index < -0.39 is 16.1 Å². The highest BCUT2D eigenvalue weighted by Crippen LogP contribution is 2.50. The predicted octanol–water partition coefficient (Wildman–Crippen LogP) is 20.4. The number of benzene rings is 17. The average Bonchev–Trinajstić information content (AvgIpc) is 0.848. The topological polar surface area (TPSA) is 17.9 Å². The van der Waals surface area contributed by atoms with Gasteiger partial charge in [0.2, 0.25) is 0 Å². The Morgan fingerprint density at radius 3 is 0.862 bits per heavy atom. The van der Waals surface area contributed by atoms with Crippen LogP contribution >= 0.6 is 0 Å². The summed E-state index contributed by atoms with van der Waals surface area (Å²) in [6.45, 7) is 13.1. The molecule has 2 aliphatic heterocycles. The van der Waals surface area contributed by atoms with Gasteiger partial charge >= 0.3 is 0 Å². The minimum Gasteiger partial charge on any atom is -0.311 e. The first-order chi connectivity index (χ1) is 57.0. The van der Waals surface area contributed by atoms with Crippen molar-refractivity contribution in [1.29, 1.82) is 0 Å². The molecule has 116 heavy (non-hydrogen) atoms. The number of aromatic nitrogens is 1. The quantitative estimate of drug-likeness (QED) is 0.0668. The minimum absolute atomic E-state index is 0.292. The van der Waals surface area contributed by atoms with Crippen LogP contribution in [0.5, 0.6) is 0 Å². The number of hydrogen-bond donors (Lipinski definition) is 0. The molecule has 2 aliphatic rings. The van der Waals surface area contributed by atoms with E-state index in [1.807, 2.05) is 0 Å². The molecule has 0 N–H and O–H groups in total. The number of anilines is 12. The first-order valence-corrected chi connectivity index (χ1v) is 44.5. The number of nitrogens with zero attached hydrogens (tertiary/aromatic N) is 5. The lowest BCUT2D eigenvalue weighted by atomic mass is 9.33. The Morgan fingerprint density at radius 2 is 0.526 bits per heavy atom. The second-order valence-electron chi connectivity index (χ2n) is 31.7. The predicted molar refractivity (Wildman–Crippen MR) is 500 cm³/mol. The highest BCUT2D eigenvalue weighted by atomic mass is 28.3. The van der Waals surface area contributed by atoms with Crippen LogP contribution in [0.4, 0.5) is 68.2 Å². The summed E-state index contributed by atoms with van der Waals surface area (Å²) in [5.74, 6) is 0. The third kappa shape index (κ3) is 12.0. The van der Waals surface area contributed by atoms with Gasteiger partial charge in [-0.2, -0.15) is 0 Å². The molecule has 0 saturated carbocycles. The van der Waals surface area contributed by atoms with Gasteiger partial charge in [0.05, 0.1) is 16.7 Å². The van der Waals surface area contributed by atoms with E-state index in [1.165, 1.54) is 102 Å². The Labute approximate surface area is 683 Å². The van der Waals surface area contributed by atoms with Crippen molar-refractivity contribution in [3.05, 3.63) is 446 Å². The standard InChI is InChI=1S/C108H86BN5Si2/c1-75-53-59-102-98(67-75)99-68-76(2)54-60-103(99)114(102)89-73-106-108-107(74-89)113(84-38-32-52-97(70-84)116(93-45-25-12-26-46-93,94-47-27-13-28-48-94)95-49-29-14-30-50-95)105-72-86(111(87-63-77(3)61-78(4)64-87)88-65-79(5)62-80(6)66-88)56-58-101(105)109(108)100-57-55-85(110(81-33-15-7-16-34-81)82-35-17-8-18-36-82)71-104(100)112(106)83-37-31-51-96(69-83)115(90-39-19-9-20-40-90,91-41-21-10-22-42-91)92-43-23-11-24-44-92/h7-74H,1-6H3. The molecule has 3 heterocycles. The molecule has 0 unspecified atom stereocenters. The Morgan fingerprint density at radius 1 is 0.216 bits per heavy atom. The molecule has 0 atom stereocenters. The van der Waals surface area contributed by atoms with Crippen molar-refractivity contribution in [1.82, 2.24) is 4.57 Å². The van der Waals surface area contributed by atoms with Gasteiger partial charge in [0.25, 0.3) is 6.71 Å². The van der Waals surface area contributed by atoms with Gasteiger partial charge in [-0.3, -0.25) is 0 Å². The molecule has 1 aromatic heterocycles. The van der Waals surface area contributed by atoms with Crippen LogP contribution in [0.3, 0.4) is 0 Å². The largest absolute Gasteiger partial charge is 0.311 e. The molecule has 0 amide bonds. The third-order valence-corrected chi connectivity index (χ3v) is 33.7. The average molecular weight is 1520 g/mol. The summed E-state index contributed by atoms with van der Waals surface area (Å²) >= 11 is 0. The molecule has 554 valence electrons. The van der Waals surface area contributed by atoms with E-state index in [2.05, 4.69) is 478 Å². The number of para-hydroxylation sites is 2. The molecule has 0 bridgehead atoms. The van der Waals surface area contributed by atoms with Crippen LogP contribution in [0.2, 0.25) is 0 Å². The van der Waals surface area contributed by atoms with Crippen molar-refractivity contribution < 1.29 is 0 Å². The molecule has 20 rings (SSSR count). The van der Waals surface area contributed by atoms with Crippen molar-refractivity contribution in [3.63, 3.8) is 0 Å². The molecule has 0 spiro atoms. The first-order valence-electron chi connectivity index (χ1n) is 40.5. The zero-order valence-corrected chi connectivity index (χ0v) is 68.1. The zero-order chi connectivity index (χ0) is 78.2. The summed E-state index contributed by atoms with van der Waals surface area (Å²) in [6.07, 6.45) is 0. The second kappa shape index (κ2) is 29.3. The fraction of sp³-hybridized carbons (Fsp3) is 0.0556. The number of aryl methyl sites for hydroxylation is 6. The van der Waals surface area contributed by atoms with Gasteiger partial charge in [-0.1, -0.05) is 290 Å². The molecule has 0 saturated heterocycles. The minimum atomic E-state index is -3.17. The molecular weight excluding hydrogens is 1430 g/mol. The maximum absolute atomic E-state index is 3.17. The monoisotopic (exact) mass is 1520 g/mol. The third-order valence-electron chi connectivity index (χ3n) is 24.1. The number of hydrogen-bond acceptors (Lipinski definition) is 4. The van der Waals surface area contributed by atoms with Crippen LogP contribution in [-0.2, 0) is 0 Å². The van der Waals surface area contributed by atoms with Crippen molar-refractivity contribution in [2.75, 3.05) is 19.6 Å². The van der Waals surface area contributed by atoms with Gasteiger partial charge in [-0.15, -0.1) is 0 Å². The van der Waals surface area contributed by atoms with E-state index in [4.69, 9.17) is 0 Å². The Balaban J connectivity index is 0.948. The summed E-state index contributed by atoms with van der Waals surface area (Å²) < 4.78 is 2.57. The Bertz CT molecular complexity index is 6360. The fourth-order valence-electron chi connectivity index (χ4n) is 19.5. The van der Waals surface area contributed by atoms with Crippen molar-refractivity contribution >= 4 is 171 Å². The maximum atomic E-state index is 2.68. The van der Waals surface area contributed by atoms with Crippen molar-refractivity contribution in [2.45, 2.75) is 41.5 Å². The van der Waals surface area contributed by atoms with Gasteiger partial charge < -0.3 is 24.2 Å². The smallest absolute Gasteiger partial charge is 0.252 e. The molecule has 18 aromatic rings. The van der Waals surface area contributed by atoms with Crippen LogP contribution in [-0.4, -0.2) is 27.4 Å². The summed E-state index contributed by atoms with van der Waals surface area (Å²) in [5, 5.41) is 12.9. The van der Waals surface area contributed by atoms with E-state index in [9.17, 15) is 0 Å². The number of fused-ring (bicyclic) bond motifs is 7. The highest BCUT2D eigenvalue weighted by Gasteiger charge is 2.48. The van der Waals surface area contributed by atoms with E-state index in [0.717, 1.165) is 85.0 Å². The molecule has 0 aliphatic carbocycles. The zero-order valence-electron chi connectivity index (χ0n) is 66.1.